The van der Waals surface area contributed by atoms with Gasteiger partial charge in [0.2, 0.25) is 11.8 Å². The zero-order valence-electron chi connectivity index (χ0n) is 33.8. The Balaban J connectivity index is 0.000000210. The van der Waals surface area contributed by atoms with Crippen molar-refractivity contribution in [3.63, 3.8) is 0 Å². The summed E-state index contributed by atoms with van der Waals surface area (Å²) in [6, 6.07) is 27.5. The van der Waals surface area contributed by atoms with Crippen molar-refractivity contribution in [1.82, 2.24) is 29.5 Å². The molecule has 0 aliphatic carbocycles. The summed E-state index contributed by atoms with van der Waals surface area (Å²) >= 11 is 3.06. The van der Waals surface area contributed by atoms with E-state index in [1.807, 2.05) is 49.5 Å². The fourth-order valence-electron chi connectivity index (χ4n) is 6.16. The van der Waals surface area contributed by atoms with Crippen LogP contribution in [0, 0.1) is 0 Å². The summed E-state index contributed by atoms with van der Waals surface area (Å²) in [5.41, 5.74) is 8.28. The number of rotatable bonds is 13. The Hall–Kier alpha value is -7.56. The number of aromatic hydroxyl groups is 2. The number of nitrogens with zero attached hydrogens (tertiary/aromatic N) is 8. The number of carbonyl (C=O) groups is 3. The fourth-order valence-corrected chi connectivity index (χ4v) is 7.42. The second-order valence-corrected chi connectivity index (χ2v) is 14.9. The minimum Gasteiger partial charge on any atom is -0.493 e. The number of aliphatic imine (C=N–C) groups is 2. The van der Waals surface area contributed by atoms with Crippen LogP contribution in [-0.4, -0.2) is 86.9 Å². The van der Waals surface area contributed by atoms with Crippen molar-refractivity contribution >= 4 is 64.4 Å². The van der Waals surface area contributed by atoms with Gasteiger partial charge in [-0.3, -0.25) is 20.0 Å². The molecule has 0 aliphatic heterocycles. The molecule has 4 aromatic heterocycles. The van der Waals surface area contributed by atoms with Gasteiger partial charge in [0.05, 0.1) is 78.1 Å². The minimum atomic E-state index is -1.14. The number of carboxylic acid groups (broad SMARTS) is 2. The van der Waals surface area contributed by atoms with Gasteiger partial charge in [-0.25, -0.2) is 19.1 Å². The molecule has 4 aromatic carbocycles. The molecule has 0 atom stereocenters. The number of aryl methyl sites for hydroxylation is 1. The van der Waals surface area contributed by atoms with Gasteiger partial charge in [0.15, 0.2) is 5.69 Å². The number of esters is 1. The minimum absolute atomic E-state index is 0. The van der Waals surface area contributed by atoms with E-state index < -0.39 is 17.9 Å². The maximum Gasteiger partial charge on any atom is 0.359 e. The third-order valence-corrected chi connectivity index (χ3v) is 10.9. The summed E-state index contributed by atoms with van der Waals surface area (Å²) in [7, 11) is 0. The molecule has 64 heavy (non-hydrogen) atoms. The molecule has 16 nitrogen and oxygen atoms in total. The van der Waals surface area contributed by atoms with E-state index in [1.54, 1.807) is 77.9 Å². The predicted molar refractivity (Wildman–Crippen MR) is 239 cm³/mol. The van der Waals surface area contributed by atoms with Crippen LogP contribution in [0.2, 0.25) is 0 Å². The summed E-state index contributed by atoms with van der Waals surface area (Å²) in [6.45, 7) is 3.71. The van der Waals surface area contributed by atoms with Crippen LogP contribution in [0.1, 0.15) is 61.9 Å². The van der Waals surface area contributed by atoms with Gasteiger partial charge in [0.1, 0.15) is 0 Å². The van der Waals surface area contributed by atoms with E-state index in [9.17, 15) is 34.8 Å². The zero-order valence-corrected chi connectivity index (χ0v) is 36.7. The molecule has 0 unspecified atom stereocenters. The average Bonchev–Trinajstić information content (AvgIpc) is 4.14. The van der Waals surface area contributed by atoms with Gasteiger partial charge < -0.3 is 25.2 Å². The third-order valence-electron chi connectivity index (χ3n) is 9.27. The smallest absolute Gasteiger partial charge is 0.359 e. The number of carboxylic acids is 2. The van der Waals surface area contributed by atoms with Crippen molar-refractivity contribution < 1.29 is 56.9 Å². The maximum atomic E-state index is 12.5. The molecule has 322 valence electrons. The first-order valence-corrected chi connectivity index (χ1v) is 20.8. The van der Waals surface area contributed by atoms with Crippen LogP contribution < -0.4 is 0 Å². The van der Waals surface area contributed by atoms with Gasteiger partial charge in [-0.05, 0) is 73.0 Å². The standard InChI is InChI=1S/C23H18N4O5S.C22H18N4O3S.Cr/c1-2-32-23(31)20-17(11-25-18-6-4-3-5-16(18)22(29)30)21(28)27(26-20)15-9-7-14(8-10-15)19-12-24-13-33-19;1-2-18-17(11-24-19-6-4-3-5-16(19)22(28)29)21(27)26(25-18)15-9-7-14(8-10-15)20-12-23-13-30-20;/h3-13,28H,2H2,1H3,(H,29,30);3-13,27H,2H2,1H3,(H,28,29);. The number of thiazole rings is 2. The van der Waals surface area contributed by atoms with E-state index in [-0.39, 0.29) is 63.8 Å². The van der Waals surface area contributed by atoms with Gasteiger partial charge >= 0.3 is 17.9 Å². The van der Waals surface area contributed by atoms with Crippen molar-refractivity contribution in [2.75, 3.05) is 6.61 Å². The Morgan fingerprint density at radius 1 is 0.656 bits per heavy atom. The van der Waals surface area contributed by atoms with Crippen LogP contribution in [0.4, 0.5) is 11.4 Å². The van der Waals surface area contributed by atoms with Crippen molar-refractivity contribution in [2.24, 2.45) is 9.98 Å². The number of hydrogen-bond donors (Lipinski definition) is 4. The molecular weight excluding hydrogens is 897 g/mol. The molecule has 4 N–H and O–H groups in total. The van der Waals surface area contributed by atoms with E-state index in [2.05, 4.69) is 30.2 Å². The quantitative estimate of drug-likeness (QED) is 0.0627. The monoisotopic (exact) mass is 932 g/mol. The molecule has 8 aromatic rings. The van der Waals surface area contributed by atoms with Gasteiger partial charge in [-0.1, -0.05) is 55.5 Å². The molecule has 0 aliphatic rings. The number of aromatic nitrogens is 6. The van der Waals surface area contributed by atoms with E-state index in [4.69, 9.17) is 4.74 Å². The Morgan fingerprint density at radius 2 is 1.11 bits per heavy atom. The van der Waals surface area contributed by atoms with E-state index >= 15 is 0 Å². The van der Waals surface area contributed by atoms with Gasteiger partial charge in [-0.2, -0.15) is 14.9 Å². The molecular formula is C45H36CrN8O8S2. The second-order valence-electron chi connectivity index (χ2n) is 13.2. The summed E-state index contributed by atoms with van der Waals surface area (Å²) in [6.07, 6.45) is 6.82. The molecule has 0 spiro atoms. The summed E-state index contributed by atoms with van der Waals surface area (Å²) in [5.74, 6) is -3.32. The van der Waals surface area contributed by atoms with Crippen LogP contribution in [0.25, 0.3) is 32.3 Å². The number of benzene rings is 4. The topological polar surface area (TPSA) is 227 Å². The fraction of sp³-hybridized carbons (Fsp3) is 0.0889. The number of para-hydroxylation sites is 2. The Kier molecular flexibility index (Phi) is 15.1. The number of hydrogen-bond acceptors (Lipinski definition) is 14. The van der Waals surface area contributed by atoms with Crippen molar-refractivity contribution in [1.29, 1.82) is 0 Å². The number of aromatic carboxylic acids is 2. The van der Waals surface area contributed by atoms with Crippen LogP contribution in [0.3, 0.4) is 0 Å². The first-order valence-electron chi connectivity index (χ1n) is 19.1. The third kappa shape index (κ3) is 10.2. The van der Waals surface area contributed by atoms with Crippen LogP contribution in [0.5, 0.6) is 11.8 Å². The molecule has 19 heteroatoms. The molecule has 0 bridgehead atoms. The normalized spacial score (nSPS) is 11.0. The molecule has 8 rings (SSSR count). The molecule has 0 fully saturated rings. The first kappa shape index (κ1) is 46.0. The van der Waals surface area contributed by atoms with Crippen LogP contribution >= 0.6 is 22.7 Å². The Morgan fingerprint density at radius 3 is 1.55 bits per heavy atom. The first-order chi connectivity index (χ1) is 30.6. The zero-order chi connectivity index (χ0) is 44.5. The van der Waals surface area contributed by atoms with E-state index in [0.717, 1.165) is 20.9 Å². The molecule has 4 heterocycles. The van der Waals surface area contributed by atoms with Crippen molar-refractivity contribution in [3.8, 4) is 44.0 Å². The molecule has 0 saturated heterocycles. The van der Waals surface area contributed by atoms with Crippen LogP contribution in [-0.2, 0) is 28.5 Å². The predicted octanol–water partition coefficient (Wildman–Crippen LogP) is 9.04. The largest absolute Gasteiger partial charge is 0.493 e. The van der Waals surface area contributed by atoms with Gasteiger partial charge in [0.25, 0.3) is 0 Å². The molecule has 0 radical (unpaired) electrons. The Labute approximate surface area is 383 Å². The summed E-state index contributed by atoms with van der Waals surface area (Å²) < 4.78 is 7.73. The van der Waals surface area contributed by atoms with E-state index in [1.165, 1.54) is 51.3 Å². The second kappa shape index (κ2) is 21.0. The van der Waals surface area contributed by atoms with Gasteiger partial charge in [-0.15, -0.1) is 22.7 Å². The number of carbonyl (C=O) groups excluding carboxylic acids is 1. The molecule has 0 amide bonds. The average molecular weight is 933 g/mol. The van der Waals surface area contributed by atoms with Crippen molar-refractivity contribution in [3.05, 3.63) is 154 Å². The summed E-state index contributed by atoms with van der Waals surface area (Å²) in [4.78, 5) is 54.0. The van der Waals surface area contributed by atoms with Gasteiger partial charge in [0, 0.05) is 42.2 Å². The van der Waals surface area contributed by atoms with Crippen molar-refractivity contribution in [2.45, 2.75) is 20.3 Å². The van der Waals surface area contributed by atoms with Crippen LogP contribution in [0.15, 0.2) is 130 Å². The SMILES string of the molecule is CCOC(=O)c1nn(-c2ccc(-c3cncs3)cc2)c(O)c1C=Nc1ccccc1C(=O)O.CCc1nn(-c2ccc(-c3cncs3)cc2)c(O)c1C=Nc1ccccc1C(=O)O.[Cr]. The molecule has 0 saturated carbocycles. The Bertz CT molecular complexity index is 2950. The maximum absolute atomic E-state index is 12.5. The number of ether oxygens (including phenoxy) is 1. The summed E-state index contributed by atoms with van der Waals surface area (Å²) in [5, 5.41) is 49.1. The van der Waals surface area contributed by atoms with E-state index in [0.29, 0.717) is 34.7 Å².